The van der Waals surface area contributed by atoms with Gasteiger partial charge in [-0.1, -0.05) is 42.5 Å². The van der Waals surface area contributed by atoms with Gasteiger partial charge in [0.2, 0.25) is 0 Å². The van der Waals surface area contributed by atoms with E-state index in [1.165, 1.54) is 6.08 Å². The standard InChI is InChI=1S/C26H20N3O3P/c27-19-26(33(30,31)32)18-20-6-10-24(11-7-20)29(23-4-2-1-3-5-23)25-12-8-21(9-13-25)22-14-16-28-17-15-22/h1-18H,(H2,30,31,32)/b26-18+. The molecule has 0 saturated heterocycles. The number of hydrogen-bond donors (Lipinski definition) is 2. The van der Waals surface area contributed by atoms with E-state index in [-0.39, 0.29) is 0 Å². The zero-order valence-corrected chi connectivity index (χ0v) is 18.4. The number of rotatable bonds is 6. The molecule has 7 heteroatoms. The van der Waals surface area contributed by atoms with Crippen LogP contribution in [0.4, 0.5) is 17.1 Å². The van der Waals surface area contributed by atoms with Gasteiger partial charge in [0.25, 0.3) is 0 Å². The van der Waals surface area contributed by atoms with E-state index in [9.17, 15) is 14.4 Å². The predicted molar refractivity (Wildman–Crippen MR) is 130 cm³/mol. The molecular formula is C26H20N3O3P. The summed E-state index contributed by atoms with van der Waals surface area (Å²) in [6.07, 6.45) is 4.74. The van der Waals surface area contributed by atoms with E-state index in [1.807, 2.05) is 66.7 Å². The zero-order valence-electron chi connectivity index (χ0n) is 17.5. The van der Waals surface area contributed by atoms with Crippen molar-refractivity contribution in [3.8, 4) is 17.2 Å². The summed E-state index contributed by atoms with van der Waals surface area (Å²) >= 11 is 0. The fraction of sp³-hybridized carbons (Fsp3) is 0. The summed E-state index contributed by atoms with van der Waals surface area (Å²) in [6, 6.07) is 30.7. The van der Waals surface area contributed by atoms with Crippen LogP contribution >= 0.6 is 7.60 Å². The van der Waals surface area contributed by atoms with E-state index in [0.29, 0.717) is 5.56 Å². The molecule has 162 valence electrons. The van der Waals surface area contributed by atoms with E-state index >= 15 is 0 Å². The molecule has 0 unspecified atom stereocenters. The Labute approximate surface area is 191 Å². The molecule has 1 aromatic heterocycles. The topological polar surface area (TPSA) is 97.5 Å². The summed E-state index contributed by atoms with van der Waals surface area (Å²) in [7, 11) is -4.61. The molecule has 0 amide bonds. The van der Waals surface area contributed by atoms with Crippen molar-refractivity contribution in [2.45, 2.75) is 0 Å². The summed E-state index contributed by atoms with van der Waals surface area (Å²) in [5, 5.41) is 8.48. The number of aromatic nitrogens is 1. The molecule has 0 spiro atoms. The lowest BCUT2D eigenvalue weighted by Gasteiger charge is -2.25. The normalized spacial score (nSPS) is 11.6. The van der Waals surface area contributed by atoms with Crippen molar-refractivity contribution in [1.29, 1.82) is 5.26 Å². The van der Waals surface area contributed by atoms with Crippen LogP contribution in [0.15, 0.2) is 109 Å². The lowest BCUT2D eigenvalue weighted by molar-refractivity contribution is 0.384. The van der Waals surface area contributed by atoms with Crippen LogP contribution < -0.4 is 4.90 Å². The van der Waals surface area contributed by atoms with Crippen LogP contribution in [0.1, 0.15) is 5.56 Å². The van der Waals surface area contributed by atoms with Crippen LogP contribution in [0.2, 0.25) is 0 Å². The first kappa shape index (κ1) is 22.2. The van der Waals surface area contributed by atoms with E-state index < -0.39 is 12.9 Å². The maximum atomic E-state index is 11.4. The Morgan fingerprint density at radius 1 is 0.788 bits per heavy atom. The number of hydrogen-bond acceptors (Lipinski definition) is 4. The molecule has 2 N–H and O–H groups in total. The largest absolute Gasteiger partial charge is 0.366 e. The number of allylic oxidation sites excluding steroid dienone is 1. The second-order valence-electron chi connectivity index (χ2n) is 7.23. The molecule has 0 aliphatic heterocycles. The number of anilines is 3. The van der Waals surface area contributed by atoms with Gasteiger partial charge in [-0.15, -0.1) is 0 Å². The summed E-state index contributed by atoms with van der Waals surface area (Å²) in [4.78, 5) is 24.7. The number of nitriles is 1. The maximum Gasteiger partial charge on any atom is 0.366 e. The van der Waals surface area contributed by atoms with Crippen LogP contribution in [-0.4, -0.2) is 14.8 Å². The monoisotopic (exact) mass is 453 g/mol. The van der Waals surface area contributed by atoms with Gasteiger partial charge in [-0.05, 0) is 71.3 Å². The number of benzene rings is 3. The van der Waals surface area contributed by atoms with Gasteiger partial charge in [0.05, 0.1) is 0 Å². The zero-order chi connectivity index (χ0) is 23.3. The Morgan fingerprint density at radius 3 is 1.85 bits per heavy atom. The molecule has 0 fully saturated rings. The molecule has 0 bridgehead atoms. The molecular weight excluding hydrogens is 433 g/mol. The van der Waals surface area contributed by atoms with Crippen LogP contribution in [0.3, 0.4) is 0 Å². The van der Waals surface area contributed by atoms with Crippen molar-refractivity contribution in [2.75, 3.05) is 4.90 Å². The van der Waals surface area contributed by atoms with E-state index in [0.717, 1.165) is 28.2 Å². The van der Waals surface area contributed by atoms with Gasteiger partial charge in [0, 0.05) is 29.5 Å². The first-order chi connectivity index (χ1) is 16.0. The highest BCUT2D eigenvalue weighted by molar-refractivity contribution is 7.57. The SMILES string of the molecule is N#C/C(=C\c1ccc(N(c2ccccc2)c2ccc(-c3ccncc3)cc2)cc1)P(=O)(O)O. The Kier molecular flexibility index (Phi) is 6.48. The second kappa shape index (κ2) is 9.64. The maximum absolute atomic E-state index is 11.4. The van der Waals surface area contributed by atoms with Gasteiger partial charge in [-0.25, -0.2) is 0 Å². The fourth-order valence-corrected chi connectivity index (χ4v) is 3.88. The van der Waals surface area contributed by atoms with Crippen molar-refractivity contribution in [1.82, 2.24) is 4.98 Å². The lowest BCUT2D eigenvalue weighted by Crippen LogP contribution is -2.09. The average molecular weight is 453 g/mol. The minimum Gasteiger partial charge on any atom is -0.321 e. The van der Waals surface area contributed by atoms with Crippen molar-refractivity contribution in [3.05, 3.63) is 114 Å². The number of pyridine rings is 1. The predicted octanol–water partition coefficient (Wildman–Crippen LogP) is 6.26. The molecule has 0 radical (unpaired) electrons. The van der Waals surface area contributed by atoms with Crippen molar-refractivity contribution < 1.29 is 14.4 Å². The minimum atomic E-state index is -4.61. The van der Waals surface area contributed by atoms with E-state index in [2.05, 4.69) is 22.0 Å². The summed E-state index contributed by atoms with van der Waals surface area (Å²) in [6.45, 7) is 0. The van der Waals surface area contributed by atoms with Gasteiger partial charge in [-0.3, -0.25) is 9.55 Å². The molecule has 6 nitrogen and oxygen atoms in total. The smallest absolute Gasteiger partial charge is 0.321 e. The fourth-order valence-electron chi connectivity index (χ4n) is 3.43. The van der Waals surface area contributed by atoms with Gasteiger partial charge < -0.3 is 14.7 Å². The third-order valence-corrected chi connectivity index (χ3v) is 5.89. The van der Waals surface area contributed by atoms with Crippen LogP contribution in [0.25, 0.3) is 17.2 Å². The van der Waals surface area contributed by atoms with E-state index in [1.54, 1.807) is 30.6 Å². The van der Waals surface area contributed by atoms with Crippen molar-refractivity contribution in [3.63, 3.8) is 0 Å². The molecule has 0 atom stereocenters. The Morgan fingerprint density at radius 2 is 1.30 bits per heavy atom. The molecule has 4 aromatic rings. The molecule has 1 heterocycles. The Bertz CT molecular complexity index is 1340. The highest BCUT2D eigenvalue weighted by atomic mass is 31.2. The molecule has 33 heavy (non-hydrogen) atoms. The summed E-state index contributed by atoms with van der Waals surface area (Å²) < 4.78 is 11.4. The lowest BCUT2D eigenvalue weighted by atomic mass is 10.1. The Hall–Kier alpha value is -4.01. The molecule has 4 rings (SSSR count). The van der Waals surface area contributed by atoms with Gasteiger partial charge in [-0.2, -0.15) is 5.26 Å². The quantitative estimate of drug-likeness (QED) is 0.264. The summed E-state index contributed by atoms with van der Waals surface area (Å²) in [5.41, 5.74) is 5.47. The summed E-state index contributed by atoms with van der Waals surface area (Å²) in [5.74, 6) is 0. The first-order valence-corrected chi connectivity index (χ1v) is 11.7. The number of nitrogens with zero attached hydrogens (tertiary/aromatic N) is 3. The van der Waals surface area contributed by atoms with E-state index in [4.69, 9.17) is 5.26 Å². The van der Waals surface area contributed by atoms with Crippen molar-refractivity contribution >= 4 is 30.7 Å². The van der Waals surface area contributed by atoms with Gasteiger partial charge in [0.1, 0.15) is 11.4 Å². The van der Waals surface area contributed by atoms with Crippen LogP contribution in [0, 0.1) is 11.3 Å². The molecule has 0 aliphatic rings. The molecule has 0 aliphatic carbocycles. The highest BCUT2D eigenvalue weighted by Gasteiger charge is 2.20. The third-order valence-electron chi connectivity index (χ3n) is 5.04. The molecule has 3 aromatic carbocycles. The second-order valence-corrected chi connectivity index (χ2v) is 8.80. The minimum absolute atomic E-state index is 0.527. The third kappa shape index (κ3) is 5.25. The number of para-hydroxylation sites is 1. The van der Waals surface area contributed by atoms with Crippen LogP contribution in [-0.2, 0) is 4.57 Å². The van der Waals surface area contributed by atoms with Gasteiger partial charge >= 0.3 is 7.60 Å². The Balaban J connectivity index is 1.71. The highest BCUT2D eigenvalue weighted by Crippen LogP contribution is 2.45. The van der Waals surface area contributed by atoms with Gasteiger partial charge in [0.15, 0.2) is 0 Å². The average Bonchev–Trinajstić information content (AvgIpc) is 2.84. The molecule has 0 saturated carbocycles. The van der Waals surface area contributed by atoms with Crippen LogP contribution in [0.5, 0.6) is 0 Å². The van der Waals surface area contributed by atoms with Crippen molar-refractivity contribution in [2.24, 2.45) is 0 Å². The first-order valence-electron chi connectivity index (χ1n) is 10.1.